The number of hydrogen-bond donors (Lipinski definition) is 0. The van der Waals surface area contributed by atoms with E-state index in [4.69, 9.17) is 0 Å². The van der Waals surface area contributed by atoms with Gasteiger partial charge in [0.25, 0.3) is 0 Å². The predicted molar refractivity (Wildman–Crippen MR) is 63.4 cm³/mol. The third kappa shape index (κ3) is 1.88. The normalized spacial score (nSPS) is 17.6. The van der Waals surface area contributed by atoms with Gasteiger partial charge in [0.05, 0.1) is 11.0 Å². The van der Waals surface area contributed by atoms with Crippen LogP contribution in [-0.4, -0.2) is 32.8 Å². The molecule has 1 fully saturated rings. The fourth-order valence-electron chi connectivity index (χ4n) is 2.03. The van der Waals surface area contributed by atoms with E-state index in [1.54, 1.807) is 11.3 Å². The molecule has 5 heteroatoms. The molecule has 3 heterocycles. The van der Waals surface area contributed by atoms with Crippen LogP contribution >= 0.6 is 11.3 Å². The Labute approximate surface area is 98.5 Å². The maximum atomic E-state index is 4.27. The lowest BCUT2D eigenvalue weighted by Crippen LogP contribution is -2.46. The fourth-order valence-corrected chi connectivity index (χ4v) is 2.87. The Kier molecular flexibility index (Phi) is 2.49. The molecule has 0 N–H and O–H groups in total. The summed E-state index contributed by atoms with van der Waals surface area (Å²) in [5, 5.41) is 5.42. The molecule has 0 aliphatic carbocycles. The number of thiazole rings is 1. The van der Waals surface area contributed by atoms with E-state index in [2.05, 4.69) is 26.6 Å². The van der Waals surface area contributed by atoms with Crippen LogP contribution in [0.5, 0.6) is 0 Å². The van der Waals surface area contributed by atoms with Crippen molar-refractivity contribution in [3.05, 3.63) is 34.5 Å². The summed E-state index contributed by atoms with van der Waals surface area (Å²) in [6.07, 6.45) is 5.87. The summed E-state index contributed by atoms with van der Waals surface area (Å²) in [5.74, 6) is 0. The van der Waals surface area contributed by atoms with Gasteiger partial charge >= 0.3 is 0 Å². The van der Waals surface area contributed by atoms with Crippen molar-refractivity contribution in [3.8, 4) is 0 Å². The number of aromatic nitrogens is 3. The zero-order valence-electron chi connectivity index (χ0n) is 9.21. The monoisotopic (exact) mass is 234 g/mol. The molecule has 0 amide bonds. The minimum atomic E-state index is 0.559. The lowest BCUT2D eigenvalue weighted by atomic mass is 10.1. The molecule has 1 saturated heterocycles. The summed E-state index contributed by atoms with van der Waals surface area (Å²) < 4.78 is 2.05. The van der Waals surface area contributed by atoms with Gasteiger partial charge in [-0.2, -0.15) is 5.10 Å². The standard InChI is InChI=1S/C11H14N4S/c1-9-12-5-11(16-9)8-14-6-10(7-14)15-4-2-3-13-15/h2-5,10H,6-8H2,1H3. The van der Waals surface area contributed by atoms with Crippen molar-refractivity contribution in [3.63, 3.8) is 0 Å². The highest BCUT2D eigenvalue weighted by Gasteiger charge is 2.28. The minimum Gasteiger partial charge on any atom is -0.294 e. The van der Waals surface area contributed by atoms with Crippen LogP contribution in [0, 0.1) is 6.92 Å². The largest absolute Gasteiger partial charge is 0.294 e. The van der Waals surface area contributed by atoms with Gasteiger partial charge in [-0.15, -0.1) is 11.3 Å². The number of likely N-dealkylation sites (tertiary alicyclic amines) is 1. The third-order valence-corrected chi connectivity index (χ3v) is 3.78. The molecular weight excluding hydrogens is 220 g/mol. The molecule has 2 aromatic rings. The molecule has 0 radical (unpaired) electrons. The molecule has 1 aliphatic heterocycles. The van der Waals surface area contributed by atoms with Gasteiger partial charge in [-0.3, -0.25) is 9.58 Å². The van der Waals surface area contributed by atoms with E-state index in [-0.39, 0.29) is 0 Å². The fraction of sp³-hybridized carbons (Fsp3) is 0.455. The first-order valence-corrected chi connectivity index (χ1v) is 6.26. The lowest BCUT2D eigenvalue weighted by Gasteiger charge is -2.38. The molecule has 0 aromatic carbocycles. The Balaban J connectivity index is 1.54. The highest BCUT2D eigenvalue weighted by Crippen LogP contribution is 2.24. The van der Waals surface area contributed by atoms with Crippen molar-refractivity contribution in [2.45, 2.75) is 19.5 Å². The topological polar surface area (TPSA) is 34.0 Å². The van der Waals surface area contributed by atoms with Gasteiger partial charge in [0.15, 0.2) is 0 Å². The molecule has 0 atom stereocenters. The lowest BCUT2D eigenvalue weighted by molar-refractivity contribution is 0.0919. The van der Waals surface area contributed by atoms with E-state index in [1.807, 2.05) is 24.7 Å². The molecule has 0 bridgehead atoms. The van der Waals surface area contributed by atoms with Gasteiger partial charge in [0.1, 0.15) is 0 Å². The van der Waals surface area contributed by atoms with Crippen LogP contribution in [0.3, 0.4) is 0 Å². The number of nitrogens with zero attached hydrogens (tertiary/aromatic N) is 4. The van der Waals surface area contributed by atoms with Crippen LogP contribution in [0.4, 0.5) is 0 Å². The first-order chi connectivity index (χ1) is 7.81. The van der Waals surface area contributed by atoms with E-state index in [0.717, 1.165) is 24.6 Å². The van der Waals surface area contributed by atoms with Crippen molar-refractivity contribution >= 4 is 11.3 Å². The minimum absolute atomic E-state index is 0.559. The second-order valence-corrected chi connectivity index (χ2v) is 5.50. The molecule has 2 aromatic heterocycles. The van der Waals surface area contributed by atoms with Crippen molar-refractivity contribution in [1.82, 2.24) is 19.7 Å². The summed E-state index contributed by atoms with van der Waals surface area (Å²) in [5.41, 5.74) is 0. The summed E-state index contributed by atoms with van der Waals surface area (Å²) in [6.45, 7) is 5.28. The molecule has 3 rings (SSSR count). The maximum absolute atomic E-state index is 4.27. The number of hydrogen-bond acceptors (Lipinski definition) is 4. The van der Waals surface area contributed by atoms with Crippen molar-refractivity contribution in [1.29, 1.82) is 0 Å². The Hall–Kier alpha value is -1.20. The Morgan fingerprint density at radius 1 is 1.50 bits per heavy atom. The van der Waals surface area contributed by atoms with E-state index < -0.39 is 0 Å². The number of aryl methyl sites for hydroxylation is 1. The zero-order valence-corrected chi connectivity index (χ0v) is 10.0. The van der Waals surface area contributed by atoms with Gasteiger partial charge in [-0.1, -0.05) is 0 Å². The first-order valence-electron chi connectivity index (χ1n) is 5.44. The van der Waals surface area contributed by atoms with Crippen LogP contribution in [0.15, 0.2) is 24.7 Å². The summed E-state index contributed by atoms with van der Waals surface area (Å²) >= 11 is 1.79. The molecule has 1 aliphatic rings. The Morgan fingerprint density at radius 2 is 2.38 bits per heavy atom. The van der Waals surface area contributed by atoms with Crippen LogP contribution in [0.1, 0.15) is 15.9 Å². The van der Waals surface area contributed by atoms with Gasteiger partial charge in [0.2, 0.25) is 0 Å². The zero-order chi connectivity index (χ0) is 11.0. The average molecular weight is 234 g/mol. The van der Waals surface area contributed by atoms with Crippen LogP contribution in [0.2, 0.25) is 0 Å². The molecule has 0 unspecified atom stereocenters. The first kappa shape index (κ1) is 9.99. The Bertz CT molecular complexity index is 456. The average Bonchev–Trinajstić information content (AvgIpc) is 2.82. The number of rotatable bonds is 3. The van der Waals surface area contributed by atoms with Gasteiger partial charge in [-0.05, 0) is 13.0 Å². The second kappa shape index (κ2) is 3.99. The van der Waals surface area contributed by atoms with E-state index >= 15 is 0 Å². The highest BCUT2D eigenvalue weighted by molar-refractivity contribution is 7.11. The third-order valence-electron chi connectivity index (χ3n) is 2.89. The second-order valence-electron chi connectivity index (χ2n) is 4.18. The van der Waals surface area contributed by atoms with Crippen molar-refractivity contribution in [2.75, 3.05) is 13.1 Å². The molecule has 0 spiro atoms. The highest BCUT2D eigenvalue weighted by atomic mass is 32.1. The summed E-state index contributed by atoms with van der Waals surface area (Å²) in [6, 6.07) is 2.54. The van der Waals surface area contributed by atoms with Crippen molar-refractivity contribution in [2.24, 2.45) is 0 Å². The summed E-state index contributed by atoms with van der Waals surface area (Å²) in [7, 11) is 0. The molecular formula is C11H14N4S. The quantitative estimate of drug-likeness (QED) is 0.810. The Morgan fingerprint density at radius 3 is 3.00 bits per heavy atom. The van der Waals surface area contributed by atoms with Gasteiger partial charge < -0.3 is 0 Å². The smallest absolute Gasteiger partial charge is 0.0897 e. The van der Waals surface area contributed by atoms with Gasteiger partial charge in [-0.25, -0.2) is 4.98 Å². The maximum Gasteiger partial charge on any atom is 0.0897 e. The van der Waals surface area contributed by atoms with Crippen LogP contribution in [0.25, 0.3) is 0 Å². The molecule has 84 valence electrons. The predicted octanol–water partition coefficient (Wildman–Crippen LogP) is 1.70. The van der Waals surface area contributed by atoms with E-state index in [1.165, 1.54) is 4.88 Å². The summed E-state index contributed by atoms with van der Waals surface area (Å²) in [4.78, 5) is 8.06. The molecule has 0 saturated carbocycles. The SMILES string of the molecule is Cc1ncc(CN2CC(n3cccn3)C2)s1. The van der Waals surface area contributed by atoms with Crippen LogP contribution < -0.4 is 0 Å². The van der Waals surface area contributed by atoms with E-state index in [9.17, 15) is 0 Å². The molecule has 16 heavy (non-hydrogen) atoms. The molecule has 4 nitrogen and oxygen atoms in total. The van der Waals surface area contributed by atoms with E-state index in [0.29, 0.717) is 6.04 Å². The van der Waals surface area contributed by atoms with Gasteiger partial charge in [0, 0.05) is 43.1 Å². The van der Waals surface area contributed by atoms with Crippen molar-refractivity contribution < 1.29 is 0 Å². The van der Waals surface area contributed by atoms with Crippen LogP contribution in [-0.2, 0) is 6.54 Å².